The Balaban J connectivity index is 1.31. The van der Waals surface area contributed by atoms with Crippen molar-refractivity contribution in [2.45, 2.75) is 75.8 Å². The minimum Gasteiger partial charge on any atom is -0.395 e. The van der Waals surface area contributed by atoms with Gasteiger partial charge >= 0.3 is 0 Å². The summed E-state index contributed by atoms with van der Waals surface area (Å²) in [6.45, 7) is 2.91. The van der Waals surface area contributed by atoms with Crippen molar-refractivity contribution in [3.63, 3.8) is 0 Å². The fraction of sp³-hybridized carbons (Fsp3) is 0.667. The molecule has 2 aliphatic carbocycles. The number of nitrogens with zero attached hydrogens (tertiary/aromatic N) is 2. The zero-order valence-corrected chi connectivity index (χ0v) is 18.6. The molecule has 2 heterocycles. The summed E-state index contributed by atoms with van der Waals surface area (Å²) in [5.74, 6) is 8.32. The maximum Gasteiger partial charge on any atom is 0.225 e. The highest BCUT2D eigenvalue weighted by atomic mass is 16.3. The fourth-order valence-electron chi connectivity index (χ4n) is 6.10. The van der Waals surface area contributed by atoms with Gasteiger partial charge in [-0.1, -0.05) is 43.2 Å². The molecule has 5 rings (SSSR count). The Morgan fingerprint density at radius 1 is 0.968 bits per heavy atom. The van der Waals surface area contributed by atoms with Crippen molar-refractivity contribution in [3.8, 4) is 11.8 Å². The molecule has 1 amide bonds. The van der Waals surface area contributed by atoms with Gasteiger partial charge in [0.05, 0.1) is 6.61 Å². The van der Waals surface area contributed by atoms with E-state index in [1.807, 2.05) is 0 Å². The SMILES string of the molecule is O=C(C1CCC1)N1CCCCN2[C@H](C1)[C@H](c1ccc(C#CC3CCCC3)cc1)[C@@H]2CO. The van der Waals surface area contributed by atoms with Crippen LogP contribution in [0.5, 0.6) is 0 Å². The summed E-state index contributed by atoms with van der Waals surface area (Å²) >= 11 is 0. The third-order valence-corrected chi connectivity index (χ3v) is 8.21. The lowest BCUT2D eigenvalue weighted by molar-refractivity contribution is -0.143. The molecule has 2 aliphatic heterocycles. The lowest BCUT2D eigenvalue weighted by Crippen LogP contribution is -2.68. The van der Waals surface area contributed by atoms with Gasteiger partial charge in [0.1, 0.15) is 0 Å². The van der Waals surface area contributed by atoms with Crippen LogP contribution in [0.15, 0.2) is 24.3 Å². The molecule has 166 valence electrons. The maximum atomic E-state index is 13.0. The van der Waals surface area contributed by atoms with Crippen LogP contribution in [-0.4, -0.2) is 59.1 Å². The Bertz CT molecular complexity index is 829. The van der Waals surface area contributed by atoms with Crippen LogP contribution in [-0.2, 0) is 4.79 Å². The number of hydrogen-bond donors (Lipinski definition) is 1. The molecule has 0 bridgehead atoms. The summed E-state index contributed by atoms with van der Waals surface area (Å²) in [6.07, 6.45) is 10.6. The molecule has 4 aliphatic rings. The average Bonchev–Trinajstić information content (AvgIpc) is 3.24. The van der Waals surface area contributed by atoms with Crippen LogP contribution in [0.2, 0.25) is 0 Å². The minimum absolute atomic E-state index is 0.166. The van der Waals surface area contributed by atoms with E-state index >= 15 is 0 Å². The largest absolute Gasteiger partial charge is 0.395 e. The van der Waals surface area contributed by atoms with E-state index in [-0.39, 0.29) is 24.5 Å². The quantitative estimate of drug-likeness (QED) is 0.757. The van der Waals surface area contributed by atoms with E-state index < -0.39 is 0 Å². The molecule has 0 aromatic heterocycles. The number of rotatable bonds is 3. The summed E-state index contributed by atoms with van der Waals surface area (Å²) in [6, 6.07) is 9.19. The van der Waals surface area contributed by atoms with Gasteiger partial charge in [0, 0.05) is 48.5 Å². The van der Waals surface area contributed by atoms with Crippen molar-refractivity contribution < 1.29 is 9.90 Å². The van der Waals surface area contributed by atoms with Gasteiger partial charge in [-0.2, -0.15) is 0 Å². The van der Waals surface area contributed by atoms with Crippen LogP contribution in [0, 0.1) is 23.7 Å². The van der Waals surface area contributed by atoms with Gasteiger partial charge in [0.25, 0.3) is 0 Å². The molecule has 1 N–H and O–H groups in total. The first-order valence-electron chi connectivity index (χ1n) is 12.5. The number of fused-ring (bicyclic) bond motifs is 1. The molecule has 0 radical (unpaired) electrons. The lowest BCUT2D eigenvalue weighted by atomic mass is 9.74. The van der Waals surface area contributed by atoms with Crippen LogP contribution < -0.4 is 0 Å². The highest BCUT2D eigenvalue weighted by molar-refractivity contribution is 5.79. The number of carbonyl (C=O) groups excluding carboxylic acids is 1. The molecule has 0 unspecified atom stereocenters. The molecule has 1 aromatic carbocycles. The summed E-state index contributed by atoms with van der Waals surface area (Å²) in [7, 11) is 0. The van der Waals surface area contributed by atoms with E-state index in [2.05, 4.69) is 45.9 Å². The molecule has 0 spiro atoms. The van der Waals surface area contributed by atoms with Crippen LogP contribution in [0.4, 0.5) is 0 Å². The lowest BCUT2D eigenvalue weighted by Gasteiger charge is -2.57. The van der Waals surface area contributed by atoms with E-state index in [1.165, 1.54) is 37.7 Å². The Labute approximate surface area is 187 Å². The second-order valence-corrected chi connectivity index (χ2v) is 10.1. The summed E-state index contributed by atoms with van der Waals surface area (Å²) in [5.41, 5.74) is 2.37. The predicted octanol–water partition coefficient (Wildman–Crippen LogP) is 3.78. The number of carbonyl (C=O) groups is 1. The highest BCUT2D eigenvalue weighted by Crippen LogP contribution is 2.42. The van der Waals surface area contributed by atoms with Crippen LogP contribution in [0.1, 0.15) is 74.8 Å². The van der Waals surface area contributed by atoms with Gasteiger partial charge in [-0.25, -0.2) is 0 Å². The Morgan fingerprint density at radius 2 is 1.71 bits per heavy atom. The Kier molecular flexibility index (Phi) is 6.34. The standard InChI is InChI=1S/C27H36N2O2/c30-19-25-26(22-14-12-21(13-15-22)11-10-20-6-1-2-7-20)24-18-28(16-3-4-17-29(24)25)27(31)23-8-5-9-23/h12-15,20,23-26,30H,1-9,16-19H2/t24-,25+,26+/m1/s1. The van der Waals surface area contributed by atoms with Gasteiger partial charge in [-0.05, 0) is 62.8 Å². The summed E-state index contributed by atoms with van der Waals surface area (Å²) in [5, 5.41) is 10.1. The normalized spacial score (nSPS) is 29.7. The van der Waals surface area contributed by atoms with Gasteiger partial charge in [-0.3, -0.25) is 9.69 Å². The van der Waals surface area contributed by atoms with E-state index in [1.54, 1.807) is 0 Å². The van der Waals surface area contributed by atoms with Crippen LogP contribution in [0.25, 0.3) is 0 Å². The molecular weight excluding hydrogens is 384 g/mol. The van der Waals surface area contributed by atoms with Gasteiger partial charge in [0.2, 0.25) is 5.91 Å². The third-order valence-electron chi connectivity index (χ3n) is 8.21. The third kappa shape index (κ3) is 4.28. The molecule has 4 fully saturated rings. The predicted molar refractivity (Wildman–Crippen MR) is 123 cm³/mol. The first-order chi connectivity index (χ1) is 15.2. The molecule has 31 heavy (non-hydrogen) atoms. The van der Waals surface area contributed by atoms with Crippen LogP contribution in [0.3, 0.4) is 0 Å². The molecule has 2 saturated heterocycles. The van der Waals surface area contributed by atoms with Crippen molar-refractivity contribution in [1.29, 1.82) is 0 Å². The summed E-state index contributed by atoms with van der Waals surface area (Å²) in [4.78, 5) is 17.6. The zero-order valence-electron chi connectivity index (χ0n) is 18.6. The zero-order chi connectivity index (χ0) is 21.2. The number of amides is 1. The first-order valence-corrected chi connectivity index (χ1v) is 12.5. The number of benzene rings is 1. The Hall–Kier alpha value is -1.83. The van der Waals surface area contributed by atoms with Crippen molar-refractivity contribution >= 4 is 5.91 Å². The number of aliphatic hydroxyl groups is 1. The molecule has 4 heteroatoms. The van der Waals surface area contributed by atoms with Gasteiger partial charge in [-0.15, -0.1) is 0 Å². The van der Waals surface area contributed by atoms with E-state index in [9.17, 15) is 9.90 Å². The molecular formula is C27H36N2O2. The van der Waals surface area contributed by atoms with E-state index in [4.69, 9.17) is 0 Å². The second-order valence-electron chi connectivity index (χ2n) is 10.1. The van der Waals surface area contributed by atoms with Crippen molar-refractivity contribution in [1.82, 2.24) is 9.80 Å². The maximum absolute atomic E-state index is 13.0. The number of aliphatic hydroxyl groups excluding tert-OH is 1. The molecule has 3 atom stereocenters. The monoisotopic (exact) mass is 420 g/mol. The molecule has 4 nitrogen and oxygen atoms in total. The van der Waals surface area contributed by atoms with E-state index in [0.717, 1.165) is 50.9 Å². The van der Waals surface area contributed by atoms with Gasteiger partial charge in [0.15, 0.2) is 0 Å². The van der Waals surface area contributed by atoms with Crippen molar-refractivity contribution in [3.05, 3.63) is 35.4 Å². The topological polar surface area (TPSA) is 43.8 Å². The smallest absolute Gasteiger partial charge is 0.225 e. The second kappa shape index (κ2) is 9.35. The average molecular weight is 421 g/mol. The van der Waals surface area contributed by atoms with Crippen molar-refractivity contribution in [2.24, 2.45) is 11.8 Å². The number of hydrogen-bond acceptors (Lipinski definition) is 3. The molecule has 2 saturated carbocycles. The van der Waals surface area contributed by atoms with Gasteiger partial charge < -0.3 is 10.0 Å². The van der Waals surface area contributed by atoms with Crippen LogP contribution >= 0.6 is 0 Å². The highest BCUT2D eigenvalue weighted by Gasteiger charge is 2.49. The Morgan fingerprint density at radius 3 is 2.39 bits per heavy atom. The van der Waals surface area contributed by atoms with E-state index in [0.29, 0.717) is 17.9 Å². The molecule has 1 aromatic rings. The fourth-order valence-corrected chi connectivity index (χ4v) is 6.10. The summed E-state index contributed by atoms with van der Waals surface area (Å²) < 4.78 is 0. The minimum atomic E-state index is 0.166. The first kappa shape index (κ1) is 21.0. The van der Waals surface area contributed by atoms with Crippen molar-refractivity contribution in [2.75, 3.05) is 26.2 Å².